The number of nitrogens with zero attached hydrogens (tertiary/aromatic N) is 5. The highest BCUT2D eigenvalue weighted by molar-refractivity contribution is 6.32. The Morgan fingerprint density at radius 2 is 2.11 bits per heavy atom. The average Bonchev–Trinajstić information content (AvgIpc) is 3.10. The number of amides is 1. The van der Waals surface area contributed by atoms with E-state index in [1.54, 1.807) is 0 Å². The Kier molecular flexibility index (Phi) is 12.1. The summed E-state index contributed by atoms with van der Waals surface area (Å²) in [6, 6.07) is -0.416. The Hall–Kier alpha value is -1.35. The molecule has 1 atom stereocenters. The lowest BCUT2D eigenvalue weighted by atomic mass is 10.1. The molecular weight excluding hydrogens is 392 g/mol. The van der Waals surface area contributed by atoms with Crippen molar-refractivity contribution in [1.29, 1.82) is 0 Å². The summed E-state index contributed by atoms with van der Waals surface area (Å²) in [4.78, 5) is 14.4. The first-order valence-electron chi connectivity index (χ1n) is 9.12. The number of tetrazole rings is 1. The number of carbonyl (C=O) groups is 1. The van der Waals surface area contributed by atoms with Crippen LogP contribution in [-0.4, -0.2) is 94.4 Å². The number of carbonyl (C=O) groups excluding carboxylic acids is 1. The van der Waals surface area contributed by atoms with Crippen LogP contribution >= 0.6 is 12.4 Å². The van der Waals surface area contributed by atoms with Crippen LogP contribution in [-0.2, 0) is 20.7 Å². The largest absolute Gasteiger partial charge is 0.633 e. The number of nitrogens with one attached hydrogen (secondary N) is 1. The van der Waals surface area contributed by atoms with Crippen LogP contribution in [0, 0.1) is 0 Å². The van der Waals surface area contributed by atoms with Crippen LogP contribution in [0.4, 0.5) is 0 Å². The Morgan fingerprint density at radius 1 is 1.36 bits per heavy atom. The molecule has 0 aliphatic carbocycles. The molecule has 0 radical (unpaired) electrons. The highest BCUT2D eigenvalue weighted by atomic mass is 35.5. The molecule has 1 aromatic rings. The van der Waals surface area contributed by atoms with Crippen molar-refractivity contribution in [2.75, 3.05) is 46.0 Å². The Morgan fingerprint density at radius 3 is 2.82 bits per heavy atom. The van der Waals surface area contributed by atoms with E-state index < -0.39 is 13.4 Å². The zero-order valence-electron chi connectivity index (χ0n) is 15.8. The number of hydrogen-bond acceptors (Lipinski definition) is 10. The molecule has 14 heteroatoms. The molecule has 1 aromatic heterocycles. The summed E-state index contributed by atoms with van der Waals surface area (Å²) >= 11 is 0. The van der Waals surface area contributed by atoms with Crippen molar-refractivity contribution < 1.29 is 24.2 Å². The fraction of sp³-hybridized carbons (Fsp3) is 0.857. The summed E-state index contributed by atoms with van der Waals surface area (Å²) < 4.78 is 11.3. The molecule has 0 spiro atoms. The minimum absolute atomic E-state index is 0. The lowest BCUT2D eigenvalue weighted by Crippen LogP contribution is -2.42. The van der Waals surface area contributed by atoms with E-state index in [0.717, 1.165) is 32.8 Å². The first kappa shape index (κ1) is 24.7. The van der Waals surface area contributed by atoms with Gasteiger partial charge in [-0.2, -0.15) is 0 Å². The van der Waals surface area contributed by atoms with Crippen molar-refractivity contribution in [3.8, 4) is 0 Å². The molecule has 12 nitrogen and oxygen atoms in total. The molecule has 1 aliphatic heterocycles. The molecule has 1 saturated heterocycles. The molecular formula is C14H29BClN7O5. The smallest absolute Gasteiger partial charge is 0.402 e. The predicted molar refractivity (Wildman–Crippen MR) is 102 cm³/mol. The van der Waals surface area contributed by atoms with E-state index in [4.69, 9.17) is 20.5 Å². The van der Waals surface area contributed by atoms with E-state index in [0.29, 0.717) is 31.6 Å². The van der Waals surface area contributed by atoms with Crippen molar-refractivity contribution in [3.63, 3.8) is 0 Å². The maximum absolute atomic E-state index is 12.1. The van der Waals surface area contributed by atoms with Gasteiger partial charge in [0, 0.05) is 32.8 Å². The third-order valence-corrected chi connectivity index (χ3v) is 4.21. The summed E-state index contributed by atoms with van der Waals surface area (Å²) in [7, 11) is -1.76. The van der Waals surface area contributed by atoms with E-state index in [1.807, 2.05) is 0 Å². The lowest BCUT2D eigenvalue weighted by molar-refractivity contribution is -0.122. The summed E-state index contributed by atoms with van der Waals surface area (Å²) in [5, 5.41) is 31.4. The van der Waals surface area contributed by atoms with Crippen LogP contribution in [0.1, 0.15) is 31.1 Å². The normalized spacial score (nSPS) is 15.7. The average molecular weight is 422 g/mol. The van der Waals surface area contributed by atoms with Gasteiger partial charge >= 0.3 is 7.32 Å². The number of unbranched alkanes of at least 4 members (excludes halogenated alkanes) is 1. The minimum atomic E-state index is -1.76. The topological polar surface area (TPSA) is 161 Å². The van der Waals surface area contributed by atoms with Gasteiger partial charge in [-0.25, -0.2) is 4.68 Å². The molecule has 0 bridgehead atoms. The van der Waals surface area contributed by atoms with E-state index in [1.165, 1.54) is 4.68 Å². The second-order valence-electron chi connectivity index (χ2n) is 6.30. The number of morpholine rings is 1. The number of hydrogen-bond donors (Lipinski definition) is 4. The zero-order valence-corrected chi connectivity index (χ0v) is 16.6. The number of rotatable bonds is 12. The number of halogens is 1. The number of aromatic nitrogens is 4. The van der Waals surface area contributed by atoms with Crippen molar-refractivity contribution in [2.45, 2.75) is 31.8 Å². The molecule has 5 N–H and O–H groups in total. The van der Waals surface area contributed by atoms with Gasteiger partial charge in [-0.3, -0.25) is 9.69 Å². The van der Waals surface area contributed by atoms with E-state index in [9.17, 15) is 4.79 Å². The summed E-state index contributed by atoms with van der Waals surface area (Å²) in [5.74, 6) is 0.274. The standard InChI is InChI=1S/C14H28BN7O5.ClH/c16-12(3-1-2-8-27-15(24)25)14-18-19-20-22(14)11-13(23)17-4-5-21-6-9-26-10-7-21;/h12,24-25H,1-11,16H2,(H,17,23);1H. The third kappa shape index (κ3) is 9.23. The molecule has 1 unspecified atom stereocenters. The number of nitrogens with two attached hydrogens (primary N) is 1. The van der Waals surface area contributed by atoms with Gasteiger partial charge in [0.2, 0.25) is 5.91 Å². The van der Waals surface area contributed by atoms with Crippen LogP contribution < -0.4 is 11.1 Å². The second-order valence-corrected chi connectivity index (χ2v) is 6.30. The minimum Gasteiger partial charge on any atom is -0.402 e. The third-order valence-electron chi connectivity index (χ3n) is 4.21. The van der Waals surface area contributed by atoms with Gasteiger partial charge in [0.05, 0.1) is 19.3 Å². The highest BCUT2D eigenvalue weighted by Gasteiger charge is 2.17. The van der Waals surface area contributed by atoms with Gasteiger partial charge in [0.25, 0.3) is 0 Å². The van der Waals surface area contributed by atoms with E-state index in [2.05, 4.69) is 30.4 Å². The Bertz CT molecular complexity index is 562. The van der Waals surface area contributed by atoms with Gasteiger partial charge in [0.1, 0.15) is 6.54 Å². The molecule has 160 valence electrons. The van der Waals surface area contributed by atoms with Gasteiger partial charge in [-0.1, -0.05) is 0 Å². The van der Waals surface area contributed by atoms with E-state index >= 15 is 0 Å². The fourth-order valence-electron chi connectivity index (χ4n) is 2.74. The van der Waals surface area contributed by atoms with Crippen LogP contribution in [0.2, 0.25) is 0 Å². The summed E-state index contributed by atoms with van der Waals surface area (Å²) in [6.45, 7) is 4.79. The molecule has 1 aliphatic rings. The van der Waals surface area contributed by atoms with Gasteiger partial charge in [0.15, 0.2) is 5.82 Å². The quantitative estimate of drug-likeness (QED) is 0.213. The van der Waals surface area contributed by atoms with Crippen molar-refractivity contribution in [2.24, 2.45) is 5.73 Å². The zero-order chi connectivity index (χ0) is 19.5. The van der Waals surface area contributed by atoms with E-state index in [-0.39, 0.29) is 31.5 Å². The molecule has 0 aromatic carbocycles. The van der Waals surface area contributed by atoms with Gasteiger partial charge in [-0.05, 0) is 29.7 Å². The maximum atomic E-state index is 12.1. The second kappa shape index (κ2) is 13.8. The number of ether oxygens (including phenoxy) is 1. The molecule has 1 amide bonds. The van der Waals surface area contributed by atoms with Crippen molar-refractivity contribution in [3.05, 3.63) is 5.82 Å². The first-order chi connectivity index (χ1) is 13.1. The molecule has 2 heterocycles. The summed E-state index contributed by atoms with van der Waals surface area (Å²) in [6.07, 6.45) is 1.91. The predicted octanol–water partition coefficient (Wildman–Crippen LogP) is -2.30. The lowest BCUT2D eigenvalue weighted by Gasteiger charge is -2.26. The van der Waals surface area contributed by atoms with Crippen molar-refractivity contribution >= 4 is 25.6 Å². The highest BCUT2D eigenvalue weighted by Crippen LogP contribution is 2.13. The SMILES string of the molecule is Cl.NC(CCCCOB(O)O)c1nnnn1CC(=O)NCCN1CCOCC1. The Labute approximate surface area is 170 Å². The van der Waals surface area contributed by atoms with Crippen LogP contribution in [0.5, 0.6) is 0 Å². The van der Waals surface area contributed by atoms with Crippen LogP contribution in [0.25, 0.3) is 0 Å². The van der Waals surface area contributed by atoms with Gasteiger partial charge < -0.3 is 30.5 Å². The maximum Gasteiger partial charge on any atom is 0.633 e. The van der Waals surface area contributed by atoms with Crippen LogP contribution in [0.15, 0.2) is 0 Å². The van der Waals surface area contributed by atoms with Gasteiger partial charge in [-0.15, -0.1) is 17.5 Å². The molecule has 2 rings (SSSR count). The Balaban J connectivity index is 0.00000392. The molecule has 1 fully saturated rings. The summed E-state index contributed by atoms with van der Waals surface area (Å²) in [5.41, 5.74) is 6.10. The van der Waals surface area contributed by atoms with Crippen molar-refractivity contribution in [1.82, 2.24) is 30.4 Å². The fourth-order valence-corrected chi connectivity index (χ4v) is 2.74. The first-order valence-corrected chi connectivity index (χ1v) is 9.12. The molecule has 28 heavy (non-hydrogen) atoms. The molecule has 0 saturated carbocycles. The monoisotopic (exact) mass is 421 g/mol. The van der Waals surface area contributed by atoms with Crippen LogP contribution in [0.3, 0.4) is 0 Å².